The summed E-state index contributed by atoms with van der Waals surface area (Å²) in [5, 5.41) is 0. The van der Waals surface area contributed by atoms with Gasteiger partial charge in [0.15, 0.2) is 0 Å². The van der Waals surface area contributed by atoms with Crippen molar-refractivity contribution in [3.05, 3.63) is 65.7 Å². The molecule has 1 atom stereocenters. The van der Waals surface area contributed by atoms with E-state index in [2.05, 4.69) is 0 Å². The van der Waals surface area contributed by atoms with Crippen molar-refractivity contribution < 1.29 is 28.0 Å². The van der Waals surface area contributed by atoms with Gasteiger partial charge < -0.3 is 4.90 Å². The maximum absolute atomic E-state index is 11.2. The Bertz CT molecular complexity index is 810. The Morgan fingerprint density at radius 3 is 2.21 bits per heavy atom. The molecular weight excluding hydrogens is 350 g/mol. The lowest BCUT2D eigenvalue weighted by Gasteiger charge is -2.20. The van der Waals surface area contributed by atoms with E-state index >= 15 is 0 Å². The van der Waals surface area contributed by atoms with Gasteiger partial charge in [0.2, 0.25) is 0 Å². The molecule has 3 rings (SSSR count). The summed E-state index contributed by atoms with van der Waals surface area (Å²) in [5.41, 5.74) is 2.68. The lowest BCUT2D eigenvalue weighted by Crippen LogP contribution is -2.60. The summed E-state index contributed by atoms with van der Waals surface area (Å²) in [5.74, 6) is 0. The highest BCUT2D eigenvalue weighted by Gasteiger charge is 2.29. The van der Waals surface area contributed by atoms with Crippen LogP contribution in [0.5, 0.6) is 0 Å². The molecule has 0 fully saturated rings. The quantitative estimate of drug-likeness (QED) is 0.735. The molecule has 1 heterocycles. The predicted molar refractivity (Wildman–Crippen MR) is 87.3 cm³/mol. The third-order valence-electron chi connectivity index (χ3n) is 3.54. The molecule has 1 unspecified atom stereocenters. The molecule has 0 saturated heterocycles. The number of allylic oxidation sites excluding steroid dienone is 1. The fourth-order valence-corrected chi connectivity index (χ4v) is 4.90. The molecule has 1 aliphatic rings. The van der Waals surface area contributed by atoms with Crippen molar-refractivity contribution in [2.45, 2.75) is 4.90 Å². The van der Waals surface area contributed by atoms with Gasteiger partial charge in [0.05, 0.1) is 20.0 Å². The first kappa shape index (κ1) is 17.2. The first-order chi connectivity index (χ1) is 11.3. The molecule has 0 aliphatic carbocycles. The molecule has 0 bridgehead atoms. The van der Waals surface area contributed by atoms with Gasteiger partial charge in [0, 0.05) is 19.8 Å². The maximum atomic E-state index is 11.2. The molecule has 7 heteroatoms. The van der Waals surface area contributed by atoms with E-state index in [1.165, 1.54) is 0 Å². The van der Waals surface area contributed by atoms with Gasteiger partial charge in [0.25, 0.3) is 0 Å². The van der Waals surface area contributed by atoms with E-state index in [0.717, 1.165) is 16.8 Å². The van der Waals surface area contributed by atoms with Crippen molar-refractivity contribution in [1.82, 2.24) is 0 Å². The van der Waals surface area contributed by atoms with Crippen molar-refractivity contribution in [2.24, 2.45) is 0 Å². The molecule has 0 spiro atoms. The zero-order valence-corrected chi connectivity index (χ0v) is 14.7. The third-order valence-corrected chi connectivity index (χ3v) is 6.20. The molecule has 0 aromatic heterocycles. The Balaban J connectivity index is 2.12. The minimum atomic E-state index is -4.54. The zero-order valence-electron chi connectivity index (χ0n) is 13.1. The van der Waals surface area contributed by atoms with Crippen LogP contribution >= 0.6 is 10.8 Å². The van der Waals surface area contributed by atoms with Crippen LogP contribution in [0.15, 0.2) is 59.5 Å². The Hall–Kier alpha value is -1.67. The van der Waals surface area contributed by atoms with Crippen LogP contribution < -0.4 is 18.9 Å². The van der Waals surface area contributed by atoms with Crippen molar-refractivity contribution in [3.63, 3.8) is 0 Å². The summed E-state index contributed by atoms with van der Waals surface area (Å²) in [6, 6.07) is 14.9. The number of nitrogens with zero attached hydrogens (tertiary/aromatic N) is 1. The Morgan fingerprint density at radius 2 is 1.58 bits per heavy atom. The van der Waals surface area contributed by atoms with E-state index in [0.29, 0.717) is 9.76 Å². The smallest absolute Gasteiger partial charge is 0.148 e. The van der Waals surface area contributed by atoms with Crippen LogP contribution in [0.4, 0.5) is 5.69 Å². The van der Waals surface area contributed by atoms with Gasteiger partial charge in [-0.3, -0.25) is 0 Å². The summed E-state index contributed by atoms with van der Waals surface area (Å²) in [6.07, 6.45) is 3.70. The van der Waals surface area contributed by atoms with Gasteiger partial charge in [-0.2, -0.15) is 14.0 Å². The minimum absolute atomic E-state index is 0.658. The monoisotopic (exact) mass is 365 g/mol. The topological polar surface area (TPSA) is 81.7 Å². The number of benzene rings is 2. The molecular formula is C17H16ClNO4S. The van der Waals surface area contributed by atoms with Crippen LogP contribution in [0, 0.1) is 10.2 Å². The van der Waals surface area contributed by atoms with E-state index in [1.807, 2.05) is 61.5 Å². The SMILES string of the molecule is CN(C)c1ccc(C2=S(O[Cl+3]([O-])([O-])[O-])c3ccccc3C=C2)cc1. The van der Waals surface area contributed by atoms with Gasteiger partial charge in [-0.1, -0.05) is 36.4 Å². The normalized spacial score (nSPS) is 16.9. The number of anilines is 1. The third kappa shape index (κ3) is 3.70. The molecule has 126 valence electrons. The Morgan fingerprint density at radius 1 is 0.917 bits per heavy atom. The molecule has 2 aromatic rings. The first-order valence-electron chi connectivity index (χ1n) is 7.12. The summed E-state index contributed by atoms with van der Waals surface area (Å²) in [7, 11) is -1.95. The van der Waals surface area contributed by atoms with Gasteiger partial charge in [-0.05, 0) is 35.4 Å². The number of fused-ring (bicyclic) bond motifs is 1. The lowest BCUT2D eigenvalue weighted by molar-refractivity contribution is -1.91. The van der Waals surface area contributed by atoms with E-state index in [9.17, 15) is 14.0 Å². The van der Waals surface area contributed by atoms with Crippen LogP contribution in [0.1, 0.15) is 11.1 Å². The van der Waals surface area contributed by atoms with Gasteiger partial charge in [-0.25, -0.2) is 0 Å². The number of rotatable bonds is 4. The average Bonchev–Trinajstić information content (AvgIpc) is 2.54. The summed E-state index contributed by atoms with van der Waals surface area (Å²) >= 11 is 0. The summed E-state index contributed by atoms with van der Waals surface area (Å²) in [4.78, 5) is 3.31. The number of hydrogen-bond acceptors (Lipinski definition) is 5. The molecule has 0 N–H and O–H groups in total. The van der Waals surface area contributed by atoms with E-state index in [-0.39, 0.29) is 0 Å². The molecule has 0 radical (unpaired) electrons. The highest BCUT2D eigenvalue weighted by Crippen LogP contribution is 2.40. The number of halogens is 1. The van der Waals surface area contributed by atoms with Crippen LogP contribution in [-0.2, 0) is 3.74 Å². The van der Waals surface area contributed by atoms with E-state index in [4.69, 9.17) is 3.74 Å². The standard InChI is InChI=1S/C17H16ClNO4S/c1-19(2)15-10-7-14(8-11-15)17-12-9-13-5-3-4-6-16(13)24(17)23-18(20,21)22/h3-12H,1-2H3. The molecule has 24 heavy (non-hydrogen) atoms. The second kappa shape index (κ2) is 6.68. The lowest BCUT2D eigenvalue weighted by atomic mass is 10.1. The maximum Gasteiger partial charge on any atom is 0.148 e. The van der Waals surface area contributed by atoms with Gasteiger partial charge >= 0.3 is 0 Å². The van der Waals surface area contributed by atoms with Crippen LogP contribution in [0.2, 0.25) is 0 Å². The second-order valence-electron chi connectivity index (χ2n) is 5.39. The predicted octanol–water partition coefficient (Wildman–Crippen LogP) is 0.457. The fourth-order valence-electron chi connectivity index (χ4n) is 2.40. The zero-order chi connectivity index (χ0) is 17.3. The van der Waals surface area contributed by atoms with Crippen molar-refractivity contribution in [3.8, 4) is 0 Å². The van der Waals surface area contributed by atoms with Crippen LogP contribution in [-0.4, -0.2) is 19.0 Å². The molecule has 1 aliphatic heterocycles. The second-order valence-corrected chi connectivity index (χ2v) is 8.06. The average molecular weight is 366 g/mol. The molecule has 5 nitrogen and oxygen atoms in total. The minimum Gasteiger partial charge on any atom is -0.378 e. The first-order valence-corrected chi connectivity index (χ1v) is 9.50. The highest BCUT2D eigenvalue weighted by atomic mass is 35.7. The van der Waals surface area contributed by atoms with Gasteiger partial charge in [0.1, 0.15) is 14.5 Å². The summed E-state index contributed by atoms with van der Waals surface area (Å²) < 4.78 is 38.4. The largest absolute Gasteiger partial charge is 0.378 e. The highest BCUT2D eigenvalue weighted by molar-refractivity contribution is 8.12. The Kier molecular flexibility index (Phi) is 4.78. The van der Waals surface area contributed by atoms with Crippen molar-refractivity contribution in [2.75, 3.05) is 19.0 Å². The fraction of sp³-hybridized carbons (Fsp3) is 0.118. The molecule has 0 saturated carbocycles. The Labute approximate surface area is 145 Å². The van der Waals surface area contributed by atoms with Gasteiger partial charge in [-0.15, -0.1) is 0 Å². The molecule has 2 aromatic carbocycles. The van der Waals surface area contributed by atoms with E-state index in [1.54, 1.807) is 18.2 Å². The molecule has 0 amide bonds. The van der Waals surface area contributed by atoms with Crippen LogP contribution in [0.25, 0.3) is 6.08 Å². The van der Waals surface area contributed by atoms with Crippen molar-refractivity contribution in [1.29, 1.82) is 0 Å². The summed E-state index contributed by atoms with van der Waals surface area (Å²) in [6.45, 7) is 0. The van der Waals surface area contributed by atoms with Crippen molar-refractivity contribution >= 4 is 27.4 Å². The number of hydrogen-bond donors (Lipinski definition) is 0. The van der Waals surface area contributed by atoms with E-state index < -0.39 is 21.0 Å². The van der Waals surface area contributed by atoms with Crippen LogP contribution in [0.3, 0.4) is 0 Å².